The number of aliphatic hydroxyl groups excluding tert-OH is 1. The lowest BCUT2D eigenvalue weighted by Crippen LogP contribution is -2.48. The molecule has 0 spiro atoms. The van der Waals surface area contributed by atoms with E-state index < -0.39 is 22.7 Å². The normalized spacial score (nSPS) is 30.2. The maximum absolute atomic E-state index is 14.3. The van der Waals surface area contributed by atoms with Gasteiger partial charge in [-0.15, -0.1) is 0 Å². The van der Waals surface area contributed by atoms with E-state index in [1.54, 1.807) is 7.11 Å². The number of esters is 1. The molecule has 3 rings (SSSR count). The molecule has 1 unspecified atom stereocenters. The van der Waals surface area contributed by atoms with Crippen molar-refractivity contribution in [3.05, 3.63) is 53.6 Å². The Morgan fingerprint density at radius 2 is 1.45 bits per heavy atom. The minimum atomic E-state index is -2.18. The number of cyclic esters (lactones) is 1. The Morgan fingerprint density at radius 1 is 0.850 bits per heavy atom. The van der Waals surface area contributed by atoms with E-state index in [9.17, 15) is 9.90 Å². The molecule has 1 aromatic carbocycles. The lowest BCUT2D eigenvalue weighted by atomic mass is 9.82. The number of ether oxygens (including phenoxy) is 3. The van der Waals surface area contributed by atoms with Gasteiger partial charge in [0.2, 0.25) is 8.32 Å². The molecule has 0 bridgehead atoms. The second kappa shape index (κ2) is 23.8. The van der Waals surface area contributed by atoms with Crippen molar-refractivity contribution in [2.45, 2.75) is 201 Å². The largest absolute Gasteiger partial charge is 0.497 e. The highest BCUT2D eigenvalue weighted by Crippen LogP contribution is 2.44. The predicted molar refractivity (Wildman–Crippen MR) is 255 cm³/mol. The second-order valence-corrected chi connectivity index (χ2v) is 31.9. The zero-order valence-corrected chi connectivity index (χ0v) is 43.1. The fourth-order valence-corrected chi connectivity index (χ4v) is 17.4. The van der Waals surface area contributed by atoms with Crippen LogP contribution in [0.5, 0.6) is 5.75 Å². The molecule has 0 saturated heterocycles. The van der Waals surface area contributed by atoms with Gasteiger partial charge in [-0.05, 0) is 120 Å². The molecule has 2 aliphatic rings. The Labute approximate surface area is 370 Å². The van der Waals surface area contributed by atoms with Crippen LogP contribution in [0.2, 0.25) is 34.8 Å². The summed E-state index contributed by atoms with van der Waals surface area (Å²) >= 11 is 0. The summed E-state index contributed by atoms with van der Waals surface area (Å²) in [5.74, 6) is 2.31. The number of carbonyl (C=O) groups is 1. The summed E-state index contributed by atoms with van der Waals surface area (Å²) in [7, 11) is -2.67. The molecule has 1 aliphatic heterocycles. The monoisotopic (exact) mass is 871 g/mol. The third-order valence-corrected chi connectivity index (χ3v) is 25.3. The van der Waals surface area contributed by atoms with Crippen molar-refractivity contribution in [2.24, 2.45) is 35.5 Å². The molecule has 9 atom stereocenters. The highest BCUT2D eigenvalue weighted by molar-refractivity contribution is 6.77. The average Bonchev–Trinajstić information content (AvgIpc) is 3.62. The van der Waals surface area contributed by atoms with Gasteiger partial charge >= 0.3 is 5.97 Å². The van der Waals surface area contributed by atoms with Crippen LogP contribution in [0, 0.1) is 35.5 Å². The van der Waals surface area contributed by atoms with Crippen LogP contribution < -0.4 is 4.74 Å². The molecule has 344 valence electrons. The quantitative estimate of drug-likeness (QED) is 0.147. The molecule has 1 aromatic rings. The molecule has 1 heterocycles. The van der Waals surface area contributed by atoms with Gasteiger partial charge in [0.1, 0.15) is 11.9 Å². The molecule has 0 radical (unpaired) electrons. The summed E-state index contributed by atoms with van der Waals surface area (Å²) in [5.41, 5.74) is 3.41. The molecule has 1 fully saturated rings. The lowest BCUT2D eigenvalue weighted by Gasteiger charge is -2.42. The molecular weight excluding hydrogens is 781 g/mol. The van der Waals surface area contributed by atoms with Crippen molar-refractivity contribution >= 4 is 22.6 Å². The molecule has 0 aromatic heterocycles. The summed E-state index contributed by atoms with van der Waals surface area (Å²) in [6.45, 7) is 36.0. The predicted octanol–water partition coefficient (Wildman–Crippen LogP) is 13.5. The van der Waals surface area contributed by atoms with E-state index in [-0.39, 0.29) is 53.3 Å². The first-order valence-corrected chi connectivity index (χ1v) is 28.8. The first kappa shape index (κ1) is 52.6. The minimum absolute atomic E-state index is 0.0232. The minimum Gasteiger partial charge on any atom is -0.497 e. The SMILES string of the molecule is COc1ccc(COC[C@@H]2CCC[C@H]2[C@@H]2C/C=C/C=C(/CO[Si](C(C)C)(C(C)C)C(C)C)C(O)[C@@H](C)C[C@H](C)C[C@H](C)C[C@H](C)[C@@H](O[Si](C)(C)C(C)(C)C)CC(=O)O2)cc1. The van der Waals surface area contributed by atoms with Crippen LogP contribution in [-0.4, -0.2) is 66.3 Å². The average molecular weight is 871 g/mol. The van der Waals surface area contributed by atoms with Crippen molar-refractivity contribution in [1.29, 1.82) is 0 Å². The van der Waals surface area contributed by atoms with E-state index in [1.165, 1.54) is 0 Å². The van der Waals surface area contributed by atoms with Crippen LogP contribution in [0.25, 0.3) is 0 Å². The third kappa shape index (κ3) is 14.9. The topological polar surface area (TPSA) is 83.5 Å². The van der Waals surface area contributed by atoms with Gasteiger partial charge in [0.05, 0.1) is 45.6 Å². The number of aliphatic hydroxyl groups is 1. The highest BCUT2D eigenvalue weighted by atomic mass is 28.4. The summed E-state index contributed by atoms with van der Waals surface area (Å²) < 4.78 is 32.6. The van der Waals surface area contributed by atoms with E-state index in [0.29, 0.717) is 54.7 Å². The van der Waals surface area contributed by atoms with Crippen molar-refractivity contribution in [1.82, 2.24) is 0 Å². The van der Waals surface area contributed by atoms with Gasteiger partial charge < -0.3 is 28.2 Å². The second-order valence-electron chi connectivity index (χ2n) is 21.7. The van der Waals surface area contributed by atoms with Gasteiger partial charge in [0.15, 0.2) is 8.32 Å². The van der Waals surface area contributed by atoms with Gasteiger partial charge in [-0.25, -0.2) is 0 Å². The van der Waals surface area contributed by atoms with Crippen molar-refractivity contribution < 1.29 is 33.0 Å². The standard InChI is InChI=1S/C51H90O7Si2/c1-35(2)60(36(3)4,37(5)6)56-34-44-20-17-18-23-47(46-22-19-21-43(46)33-55-32-42-24-26-45(54-14)27-25-42)57-49(52)31-48(58-59(15,16)51(11,12)13)40(9)29-38(7)28-39(8)30-41(10)50(44)53/h17-18,20,24-27,35-41,43,46-48,50,53H,19,21-23,28-34H2,1-16H3/b18-17+,44-20-/t38-,39+,40-,41-,43-,46+,47-,48-,50?/m0/s1. The summed E-state index contributed by atoms with van der Waals surface area (Å²) in [6.07, 6.45) is 12.2. The van der Waals surface area contributed by atoms with E-state index in [2.05, 4.69) is 133 Å². The Morgan fingerprint density at radius 3 is 2.02 bits per heavy atom. The van der Waals surface area contributed by atoms with Gasteiger partial charge in [-0.3, -0.25) is 4.79 Å². The molecule has 1 aliphatic carbocycles. The van der Waals surface area contributed by atoms with Gasteiger partial charge in [0, 0.05) is 12.3 Å². The molecular formula is C51H90O7Si2. The molecule has 60 heavy (non-hydrogen) atoms. The fraction of sp³-hybridized carbons (Fsp3) is 0.784. The summed E-state index contributed by atoms with van der Waals surface area (Å²) in [4.78, 5) is 14.3. The van der Waals surface area contributed by atoms with Crippen LogP contribution in [0.4, 0.5) is 0 Å². The third-order valence-electron chi connectivity index (χ3n) is 14.8. The zero-order chi connectivity index (χ0) is 45.0. The van der Waals surface area contributed by atoms with Crippen molar-refractivity contribution in [2.75, 3.05) is 20.3 Å². The van der Waals surface area contributed by atoms with Gasteiger partial charge in [0.25, 0.3) is 0 Å². The number of carbonyl (C=O) groups excluding carboxylic acids is 1. The summed E-state index contributed by atoms with van der Waals surface area (Å²) in [6, 6.07) is 8.04. The number of hydrogen-bond acceptors (Lipinski definition) is 7. The first-order chi connectivity index (χ1) is 28.0. The Bertz CT molecular complexity index is 1460. The highest BCUT2D eigenvalue weighted by Gasteiger charge is 2.46. The zero-order valence-electron chi connectivity index (χ0n) is 41.1. The van der Waals surface area contributed by atoms with Crippen molar-refractivity contribution in [3.8, 4) is 5.75 Å². The van der Waals surface area contributed by atoms with Crippen LogP contribution in [0.15, 0.2) is 48.1 Å². The number of hydrogen-bond donors (Lipinski definition) is 1. The smallest absolute Gasteiger partial charge is 0.308 e. The summed E-state index contributed by atoms with van der Waals surface area (Å²) in [5, 5.41) is 12.1. The Hall–Kier alpha value is -1.76. The van der Waals surface area contributed by atoms with E-state index in [1.807, 2.05) is 12.1 Å². The van der Waals surface area contributed by atoms with Gasteiger partial charge in [-0.2, -0.15) is 0 Å². The molecule has 1 saturated carbocycles. The maximum atomic E-state index is 14.3. The van der Waals surface area contributed by atoms with Crippen LogP contribution in [-0.2, 0) is 29.7 Å². The lowest BCUT2D eigenvalue weighted by molar-refractivity contribution is -0.155. The Kier molecular flexibility index (Phi) is 20.9. The van der Waals surface area contributed by atoms with Gasteiger partial charge in [-0.1, -0.05) is 127 Å². The van der Waals surface area contributed by atoms with E-state index >= 15 is 0 Å². The maximum Gasteiger partial charge on any atom is 0.308 e. The molecule has 9 heteroatoms. The number of allylic oxidation sites excluding steroid dienone is 2. The van der Waals surface area contributed by atoms with E-state index in [4.69, 9.17) is 23.1 Å². The molecule has 7 nitrogen and oxygen atoms in total. The van der Waals surface area contributed by atoms with E-state index in [0.717, 1.165) is 55.4 Å². The van der Waals surface area contributed by atoms with Crippen LogP contribution in [0.1, 0.15) is 147 Å². The number of rotatable bonds is 14. The Balaban J connectivity index is 2.01. The number of benzene rings is 1. The van der Waals surface area contributed by atoms with Crippen LogP contribution in [0.3, 0.4) is 0 Å². The van der Waals surface area contributed by atoms with Crippen molar-refractivity contribution in [3.63, 3.8) is 0 Å². The van der Waals surface area contributed by atoms with Crippen LogP contribution >= 0.6 is 0 Å². The first-order valence-electron chi connectivity index (χ1n) is 23.8. The fourth-order valence-electron chi connectivity index (χ4n) is 10.6. The molecule has 1 N–H and O–H groups in total. The molecule has 0 amide bonds. The number of methoxy groups -OCH3 is 1.